The van der Waals surface area contributed by atoms with Gasteiger partial charge in [0, 0.05) is 25.7 Å². The zero-order chi connectivity index (χ0) is 13.9. The van der Waals surface area contributed by atoms with E-state index in [1.165, 1.54) is 58.0 Å². The highest BCUT2D eigenvalue weighted by Gasteiger charge is 2.16. The van der Waals surface area contributed by atoms with Crippen LogP contribution in [0.4, 0.5) is 0 Å². The summed E-state index contributed by atoms with van der Waals surface area (Å²) in [7, 11) is 1.80. The van der Waals surface area contributed by atoms with Crippen LogP contribution in [-0.2, 0) is 4.74 Å². The molecular formula is C16H34N2O. The molecule has 1 N–H and O–H groups in total. The molecule has 0 aromatic rings. The lowest BCUT2D eigenvalue weighted by atomic mass is 10.00. The van der Waals surface area contributed by atoms with Crippen LogP contribution in [0.5, 0.6) is 0 Å². The van der Waals surface area contributed by atoms with Gasteiger partial charge in [-0.25, -0.2) is 0 Å². The first-order valence-electron chi connectivity index (χ1n) is 8.28. The molecular weight excluding hydrogens is 236 g/mol. The Morgan fingerprint density at radius 1 is 1.21 bits per heavy atom. The van der Waals surface area contributed by atoms with Crippen LogP contribution in [0.3, 0.4) is 0 Å². The van der Waals surface area contributed by atoms with Crippen molar-refractivity contribution in [2.24, 2.45) is 0 Å². The van der Waals surface area contributed by atoms with Crippen molar-refractivity contribution in [3.05, 3.63) is 0 Å². The van der Waals surface area contributed by atoms with E-state index in [-0.39, 0.29) is 0 Å². The lowest BCUT2D eigenvalue weighted by Gasteiger charge is -2.31. The average molecular weight is 270 g/mol. The second kappa shape index (κ2) is 10.6. The zero-order valence-corrected chi connectivity index (χ0v) is 13.3. The standard InChI is InChI=1S/C16H34N2O/c1-4-16(5-2)18(13-14-19-3)12-8-10-15-9-6-7-11-17-15/h15-17H,4-14H2,1-3H3. The Kier molecular flexibility index (Phi) is 9.48. The SMILES string of the molecule is CCC(CC)N(CCCC1CCCCN1)CCOC. The zero-order valence-electron chi connectivity index (χ0n) is 13.3. The molecule has 0 spiro atoms. The maximum Gasteiger partial charge on any atom is 0.0589 e. The van der Waals surface area contributed by atoms with Crippen LogP contribution >= 0.6 is 0 Å². The summed E-state index contributed by atoms with van der Waals surface area (Å²) in [6.45, 7) is 9.00. The van der Waals surface area contributed by atoms with Crippen LogP contribution in [0.2, 0.25) is 0 Å². The summed E-state index contributed by atoms with van der Waals surface area (Å²) in [6.07, 6.45) is 9.32. The summed E-state index contributed by atoms with van der Waals surface area (Å²) < 4.78 is 5.25. The van der Waals surface area contributed by atoms with E-state index in [4.69, 9.17) is 4.74 Å². The van der Waals surface area contributed by atoms with Gasteiger partial charge in [-0.2, -0.15) is 0 Å². The molecule has 1 heterocycles. The van der Waals surface area contributed by atoms with E-state index in [0.717, 1.165) is 25.2 Å². The summed E-state index contributed by atoms with van der Waals surface area (Å²) in [6, 6.07) is 1.51. The fraction of sp³-hybridized carbons (Fsp3) is 1.00. The van der Waals surface area contributed by atoms with Crippen molar-refractivity contribution in [1.29, 1.82) is 0 Å². The number of nitrogens with zero attached hydrogens (tertiary/aromatic N) is 1. The van der Waals surface area contributed by atoms with Gasteiger partial charge in [0.05, 0.1) is 6.61 Å². The Balaban J connectivity index is 2.25. The molecule has 0 bridgehead atoms. The number of methoxy groups -OCH3 is 1. The third kappa shape index (κ3) is 6.73. The Labute approximate surface area is 120 Å². The van der Waals surface area contributed by atoms with Gasteiger partial charge in [-0.05, 0) is 51.6 Å². The van der Waals surface area contributed by atoms with Crippen molar-refractivity contribution in [3.8, 4) is 0 Å². The molecule has 0 amide bonds. The molecule has 1 aliphatic heterocycles. The molecule has 3 heteroatoms. The summed E-state index contributed by atoms with van der Waals surface area (Å²) in [4.78, 5) is 2.63. The molecule has 0 aromatic carbocycles. The van der Waals surface area contributed by atoms with Gasteiger partial charge >= 0.3 is 0 Å². The highest BCUT2D eigenvalue weighted by Crippen LogP contribution is 2.14. The van der Waals surface area contributed by atoms with E-state index >= 15 is 0 Å². The van der Waals surface area contributed by atoms with Crippen molar-refractivity contribution >= 4 is 0 Å². The normalized spacial score (nSPS) is 20.4. The first-order valence-corrected chi connectivity index (χ1v) is 8.28. The Hall–Kier alpha value is -0.120. The maximum atomic E-state index is 5.25. The van der Waals surface area contributed by atoms with E-state index in [2.05, 4.69) is 24.1 Å². The number of hydrogen-bond acceptors (Lipinski definition) is 3. The summed E-state index contributed by atoms with van der Waals surface area (Å²) in [5, 5.41) is 3.65. The highest BCUT2D eigenvalue weighted by molar-refractivity contribution is 4.74. The molecule has 1 fully saturated rings. The minimum atomic E-state index is 0.731. The summed E-state index contributed by atoms with van der Waals surface area (Å²) >= 11 is 0. The molecule has 114 valence electrons. The monoisotopic (exact) mass is 270 g/mol. The first kappa shape index (κ1) is 16.9. The van der Waals surface area contributed by atoms with Crippen LogP contribution in [0, 0.1) is 0 Å². The first-order chi connectivity index (χ1) is 9.31. The largest absolute Gasteiger partial charge is 0.383 e. The molecule has 0 aromatic heterocycles. The van der Waals surface area contributed by atoms with Crippen LogP contribution < -0.4 is 5.32 Å². The number of rotatable bonds is 10. The van der Waals surface area contributed by atoms with Gasteiger partial charge in [0.25, 0.3) is 0 Å². The van der Waals surface area contributed by atoms with Crippen molar-refractivity contribution in [2.45, 2.75) is 70.9 Å². The van der Waals surface area contributed by atoms with Gasteiger partial charge in [-0.3, -0.25) is 4.90 Å². The van der Waals surface area contributed by atoms with Crippen molar-refractivity contribution < 1.29 is 4.74 Å². The Morgan fingerprint density at radius 2 is 2.00 bits per heavy atom. The van der Waals surface area contributed by atoms with Crippen LogP contribution in [0.15, 0.2) is 0 Å². The molecule has 1 saturated heterocycles. The van der Waals surface area contributed by atoms with Gasteiger partial charge in [-0.1, -0.05) is 20.3 Å². The summed E-state index contributed by atoms with van der Waals surface area (Å²) in [5.41, 5.74) is 0. The molecule has 0 radical (unpaired) electrons. The van der Waals surface area contributed by atoms with Crippen molar-refractivity contribution in [3.63, 3.8) is 0 Å². The van der Waals surface area contributed by atoms with Gasteiger partial charge < -0.3 is 10.1 Å². The molecule has 1 rings (SSSR count). The molecule has 0 aliphatic carbocycles. The second-order valence-electron chi connectivity index (χ2n) is 5.79. The van der Waals surface area contributed by atoms with E-state index in [1.807, 2.05) is 0 Å². The van der Waals surface area contributed by atoms with E-state index < -0.39 is 0 Å². The van der Waals surface area contributed by atoms with E-state index in [0.29, 0.717) is 0 Å². The van der Waals surface area contributed by atoms with Crippen LogP contribution in [0.1, 0.15) is 58.8 Å². The van der Waals surface area contributed by atoms with Crippen LogP contribution in [-0.4, -0.2) is 50.3 Å². The topological polar surface area (TPSA) is 24.5 Å². The predicted molar refractivity (Wildman–Crippen MR) is 82.7 cm³/mol. The fourth-order valence-corrected chi connectivity index (χ4v) is 3.20. The Morgan fingerprint density at radius 3 is 2.58 bits per heavy atom. The number of nitrogens with one attached hydrogen (secondary N) is 1. The molecule has 1 aliphatic rings. The quantitative estimate of drug-likeness (QED) is 0.660. The molecule has 1 atom stereocenters. The molecule has 0 saturated carbocycles. The fourth-order valence-electron chi connectivity index (χ4n) is 3.20. The minimum Gasteiger partial charge on any atom is -0.383 e. The second-order valence-corrected chi connectivity index (χ2v) is 5.79. The molecule has 19 heavy (non-hydrogen) atoms. The van der Waals surface area contributed by atoms with Gasteiger partial charge in [0.2, 0.25) is 0 Å². The molecule has 3 nitrogen and oxygen atoms in total. The van der Waals surface area contributed by atoms with Crippen LogP contribution in [0.25, 0.3) is 0 Å². The third-order valence-corrected chi connectivity index (χ3v) is 4.45. The predicted octanol–water partition coefficient (Wildman–Crippen LogP) is 3.05. The van der Waals surface area contributed by atoms with Gasteiger partial charge in [0.1, 0.15) is 0 Å². The minimum absolute atomic E-state index is 0.731. The number of ether oxygens (including phenoxy) is 1. The molecule has 1 unspecified atom stereocenters. The van der Waals surface area contributed by atoms with Gasteiger partial charge in [0.15, 0.2) is 0 Å². The van der Waals surface area contributed by atoms with Crippen molar-refractivity contribution in [2.75, 3.05) is 33.4 Å². The lowest BCUT2D eigenvalue weighted by molar-refractivity contribution is 0.112. The van der Waals surface area contributed by atoms with E-state index in [1.54, 1.807) is 7.11 Å². The lowest BCUT2D eigenvalue weighted by Crippen LogP contribution is -2.39. The smallest absolute Gasteiger partial charge is 0.0589 e. The Bertz CT molecular complexity index is 201. The number of hydrogen-bond donors (Lipinski definition) is 1. The maximum absolute atomic E-state index is 5.25. The van der Waals surface area contributed by atoms with E-state index in [9.17, 15) is 0 Å². The highest BCUT2D eigenvalue weighted by atomic mass is 16.5. The third-order valence-electron chi connectivity index (χ3n) is 4.45. The number of piperidine rings is 1. The van der Waals surface area contributed by atoms with Crippen molar-refractivity contribution in [1.82, 2.24) is 10.2 Å². The van der Waals surface area contributed by atoms with Gasteiger partial charge in [-0.15, -0.1) is 0 Å². The summed E-state index contributed by atoms with van der Waals surface area (Å²) in [5.74, 6) is 0. The average Bonchev–Trinajstić information content (AvgIpc) is 2.46.